The molecule has 9 heteroatoms. The van der Waals surface area contributed by atoms with E-state index in [0.29, 0.717) is 12.3 Å². The number of esters is 1. The molecule has 36 heavy (non-hydrogen) atoms. The SMILES string of the molecule is CC(C)[C@@]12C[C@H](OS(=O)(=O)n3ccnc3)[C@@](C)(O1)[C@@H]1CC[C@@H](C)[C@H]1[C@@H]2OC(=O)/C=C/c1ccccc1. The maximum atomic E-state index is 13.1. The second-order valence-corrected chi connectivity index (χ2v) is 12.3. The van der Waals surface area contributed by atoms with Gasteiger partial charge in [0.25, 0.3) is 0 Å². The highest BCUT2D eigenvalue weighted by Gasteiger charge is 2.72. The lowest BCUT2D eigenvalue weighted by Crippen LogP contribution is -2.62. The second kappa shape index (κ2) is 9.11. The molecule has 1 aromatic carbocycles. The van der Waals surface area contributed by atoms with E-state index in [1.165, 1.54) is 24.8 Å². The predicted octanol–water partition coefficient (Wildman–Crippen LogP) is 4.24. The number of benzene rings is 1. The Labute approximate surface area is 212 Å². The van der Waals surface area contributed by atoms with E-state index in [4.69, 9.17) is 13.7 Å². The minimum Gasteiger partial charge on any atom is -0.456 e. The molecule has 2 aliphatic heterocycles. The molecule has 3 aliphatic rings. The summed E-state index contributed by atoms with van der Waals surface area (Å²) < 4.78 is 46.0. The Hall–Kier alpha value is -2.49. The summed E-state index contributed by atoms with van der Waals surface area (Å²) in [6, 6.07) is 9.59. The first-order valence-corrected chi connectivity index (χ1v) is 14.0. The zero-order valence-corrected chi connectivity index (χ0v) is 21.9. The van der Waals surface area contributed by atoms with Gasteiger partial charge >= 0.3 is 16.3 Å². The molecule has 0 radical (unpaired) electrons. The van der Waals surface area contributed by atoms with Crippen molar-refractivity contribution in [1.29, 1.82) is 0 Å². The lowest BCUT2D eigenvalue weighted by Gasteiger charge is -2.53. The minimum atomic E-state index is -4.10. The minimum absolute atomic E-state index is 0.000708. The van der Waals surface area contributed by atoms with Gasteiger partial charge in [0.1, 0.15) is 24.1 Å². The van der Waals surface area contributed by atoms with Gasteiger partial charge in [-0.3, -0.25) is 0 Å². The number of ether oxygens (including phenoxy) is 2. The third-order valence-corrected chi connectivity index (χ3v) is 9.79. The van der Waals surface area contributed by atoms with E-state index in [9.17, 15) is 13.2 Å². The van der Waals surface area contributed by atoms with Crippen molar-refractivity contribution in [2.45, 2.75) is 70.4 Å². The zero-order chi connectivity index (χ0) is 25.7. The molecule has 1 aliphatic carbocycles. The van der Waals surface area contributed by atoms with Crippen molar-refractivity contribution in [1.82, 2.24) is 8.96 Å². The number of hydrogen-bond acceptors (Lipinski definition) is 7. The van der Waals surface area contributed by atoms with Crippen LogP contribution in [0.5, 0.6) is 0 Å². The zero-order valence-electron chi connectivity index (χ0n) is 21.1. The van der Waals surface area contributed by atoms with Crippen LogP contribution < -0.4 is 0 Å². The fraction of sp³-hybridized carbons (Fsp3) is 0.556. The lowest BCUT2D eigenvalue weighted by molar-refractivity contribution is -0.262. The van der Waals surface area contributed by atoms with Crippen molar-refractivity contribution in [3.63, 3.8) is 0 Å². The quantitative estimate of drug-likeness (QED) is 0.403. The molecule has 2 saturated heterocycles. The van der Waals surface area contributed by atoms with Gasteiger partial charge in [-0.1, -0.05) is 51.1 Å². The first-order chi connectivity index (χ1) is 17.1. The highest BCUT2D eigenvalue weighted by Crippen LogP contribution is 2.63. The Balaban J connectivity index is 1.48. The van der Waals surface area contributed by atoms with Crippen LogP contribution in [0, 0.1) is 23.7 Å². The van der Waals surface area contributed by atoms with Gasteiger partial charge in [0, 0.05) is 30.8 Å². The maximum absolute atomic E-state index is 13.1. The van der Waals surface area contributed by atoms with Crippen LogP contribution in [0.1, 0.15) is 52.5 Å². The molecule has 8 nitrogen and oxygen atoms in total. The molecular formula is C27H34N2O6S. The number of carbonyl (C=O) groups is 1. The van der Waals surface area contributed by atoms with Crippen LogP contribution in [-0.4, -0.2) is 46.8 Å². The van der Waals surface area contributed by atoms with Crippen LogP contribution >= 0.6 is 0 Å². The van der Waals surface area contributed by atoms with E-state index in [2.05, 4.69) is 11.9 Å². The molecule has 5 rings (SSSR count). The van der Waals surface area contributed by atoms with Crippen molar-refractivity contribution in [2.75, 3.05) is 0 Å². The van der Waals surface area contributed by atoms with E-state index in [-0.39, 0.29) is 17.8 Å². The number of fused-ring (bicyclic) bond motifs is 4. The highest BCUT2D eigenvalue weighted by atomic mass is 32.2. The summed E-state index contributed by atoms with van der Waals surface area (Å²) in [5.74, 6) is -0.114. The fourth-order valence-corrected chi connectivity index (χ4v) is 7.71. The largest absolute Gasteiger partial charge is 0.456 e. The summed E-state index contributed by atoms with van der Waals surface area (Å²) >= 11 is 0. The molecule has 194 valence electrons. The van der Waals surface area contributed by atoms with Crippen molar-refractivity contribution >= 4 is 22.3 Å². The highest BCUT2D eigenvalue weighted by molar-refractivity contribution is 7.85. The molecular weight excluding hydrogens is 480 g/mol. The van der Waals surface area contributed by atoms with E-state index in [1.54, 1.807) is 6.08 Å². The van der Waals surface area contributed by atoms with E-state index in [1.807, 2.05) is 51.1 Å². The van der Waals surface area contributed by atoms with Crippen molar-refractivity contribution < 1.29 is 26.9 Å². The van der Waals surface area contributed by atoms with Crippen molar-refractivity contribution in [3.8, 4) is 0 Å². The number of hydrogen-bond donors (Lipinski definition) is 0. The molecule has 2 bridgehead atoms. The average Bonchev–Trinajstić information content (AvgIpc) is 3.56. The summed E-state index contributed by atoms with van der Waals surface area (Å²) in [6.45, 7) is 8.22. The molecule has 0 spiro atoms. The Morgan fingerprint density at radius 2 is 2.00 bits per heavy atom. The van der Waals surface area contributed by atoms with Crippen LogP contribution in [0.25, 0.3) is 6.08 Å². The molecule has 0 unspecified atom stereocenters. The van der Waals surface area contributed by atoms with Crippen LogP contribution in [0.15, 0.2) is 55.1 Å². The Kier molecular flexibility index (Phi) is 6.37. The molecule has 1 saturated carbocycles. The molecule has 3 heterocycles. The van der Waals surface area contributed by atoms with Gasteiger partial charge in [0.2, 0.25) is 0 Å². The lowest BCUT2D eigenvalue weighted by atomic mass is 9.69. The smallest absolute Gasteiger partial charge is 0.367 e. The van der Waals surface area contributed by atoms with Crippen LogP contribution in [-0.2, 0) is 28.8 Å². The molecule has 0 N–H and O–H groups in total. The monoisotopic (exact) mass is 514 g/mol. The molecule has 2 aromatic rings. The number of nitrogens with zero attached hydrogens (tertiary/aromatic N) is 2. The first-order valence-electron chi connectivity index (χ1n) is 12.6. The van der Waals surface area contributed by atoms with Gasteiger partial charge in [0.05, 0.1) is 5.60 Å². The maximum Gasteiger partial charge on any atom is 0.367 e. The van der Waals surface area contributed by atoms with E-state index >= 15 is 0 Å². The van der Waals surface area contributed by atoms with Gasteiger partial charge in [-0.2, -0.15) is 8.42 Å². The summed E-state index contributed by atoms with van der Waals surface area (Å²) in [5, 5.41) is 0. The molecule has 3 fully saturated rings. The van der Waals surface area contributed by atoms with Gasteiger partial charge in [-0.15, -0.1) is 0 Å². The third-order valence-electron chi connectivity index (χ3n) is 8.58. The van der Waals surface area contributed by atoms with Crippen LogP contribution in [0.2, 0.25) is 0 Å². The van der Waals surface area contributed by atoms with Gasteiger partial charge in [-0.05, 0) is 49.2 Å². The van der Waals surface area contributed by atoms with Crippen molar-refractivity contribution in [2.24, 2.45) is 23.7 Å². The van der Waals surface area contributed by atoms with Crippen LogP contribution in [0.4, 0.5) is 0 Å². The summed E-state index contributed by atoms with van der Waals surface area (Å²) in [7, 11) is -4.10. The summed E-state index contributed by atoms with van der Waals surface area (Å²) in [5.41, 5.74) is -0.776. The van der Waals surface area contributed by atoms with Crippen molar-refractivity contribution in [3.05, 3.63) is 60.7 Å². The number of aromatic nitrogens is 2. The number of carbonyl (C=O) groups excluding carboxylic acids is 1. The van der Waals surface area contributed by atoms with E-state index in [0.717, 1.165) is 22.4 Å². The predicted molar refractivity (Wildman–Crippen MR) is 134 cm³/mol. The molecule has 0 amide bonds. The standard InChI is InChI=1S/C27H34N2O6S/c1-18(2)27-16-22(34-36(31,32)29-15-14-28-17-29)26(4,35-27)21-12-10-19(3)24(21)25(27)33-23(30)13-11-20-8-6-5-7-9-20/h5-9,11,13-15,17-19,21-22,24-25H,10,12,16H2,1-4H3/b13-11+/t19-,21-,22+,24-,25+,26+,27-/m1/s1. The molecule has 7 atom stereocenters. The number of rotatable bonds is 7. The molecule has 1 aromatic heterocycles. The third kappa shape index (κ3) is 4.11. The summed E-state index contributed by atoms with van der Waals surface area (Å²) in [4.78, 5) is 16.9. The van der Waals surface area contributed by atoms with Gasteiger partial charge in [-0.25, -0.2) is 17.9 Å². The number of imidazole rings is 1. The normalized spacial score (nSPS) is 35.9. The summed E-state index contributed by atoms with van der Waals surface area (Å²) in [6.07, 6.45) is 8.06. The van der Waals surface area contributed by atoms with Crippen LogP contribution in [0.3, 0.4) is 0 Å². The Bertz CT molecular complexity index is 1230. The second-order valence-electron chi connectivity index (χ2n) is 10.9. The van der Waals surface area contributed by atoms with Gasteiger partial charge < -0.3 is 9.47 Å². The van der Waals surface area contributed by atoms with Gasteiger partial charge in [0.15, 0.2) is 0 Å². The first kappa shape index (κ1) is 25.2. The fourth-order valence-electron chi connectivity index (χ4n) is 6.68. The Morgan fingerprint density at radius 1 is 1.25 bits per heavy atom. The average molecular weight is 515 g/mol. The Morgan fingerprint density at radius 3 is 2.67 bits per heavy atom. The van der Waals surface area contributed by atoms with E-state index < -0.39 is 39.7 Å². The topological polar surface area (TPSA) is 96.7 Å².